The smallest absolute Gasteiger partial charge is 0.272 e. The second-order valence-corrected chi connectivity index (χ2v) is 5.86. The fourth-order valence-electron chi connectivity index (χ4n) is 2.80. The van der Waals surface area contributed by atoms with E-state index < -0.39 is 0 Å². The zero-order valence-corrected chi connectivity index (χ0v) is 12.4. The first kappa shape index (κ1) is 14.3. The maximum absolute atomic E-state index is 12.6. The Morgan fingerprint density at radius 2 is 2.24 bits per heavy atom. The van der Waals surface area contributed by atoms with E-state index >= 15 is 0 Å². The minimum atomic E-state index is -0.110. The predicted octanol–water partition coefficient (Wildman–Crippen LogP) is 2.73. The molecule has 3 rings (SSSR count). The molecule has 1 N–H and O–H groups in total. The average Bonchev–Trinajstić information content (AvgIpc) is 2.54. The standard InChI is InChI=1S/C16H17ClN2O2/c17-13-8-15(18-14-6-2-1-5-12(13)14)16(21)19-7-3-4-11(9-19)10-20/h1-2,5-6,8,11,20H,3-4,7,9-10H2/t11-/m1/s1. The second-order valence-electron chi connectivity index (χ2n) is 5.45. The summed E-state index contributed by atoms with van der Waals surface area (Å²) in [6.45, 7) is 1.42. The number of hydrogen-bond donors (Lipinski definition) is 1. The number of pyridine rings is 1. The summed E-state index contributed by atoms with van der Waals surface area (Å²) in [5, 5.41) is 10.7. The van der Waals surface area contributed by atoms with Gasteiger partial charge in [0.2, 0.25) is 0 Å². The number of aromatic nitrogens is 1. The van der Waals surface area contributed by atoms with Gasteiger partial charge in [-0.2, -0.15) is 0 Å². The zero-order valence-electron chi connectivity index (χ0n) is 11.6. The lowest BCUT2D eigenvalue weighted by atomic mass is 9.99. The first-order chi connectivity index (χ1) is 10.2. The summed E-state index contributed by atoms with van der Waals surface area (Å²) in [5.74, 6) is 0.0550. The number of carbonyl (C=O) groups is 1. The van der Waals surface area contributed by atoms with Gasteiger partial charge < -0.3 is 10.0 Å². The number of piperidine rings is 1. The third-order valence-corrected chi connectivity index (χ3v) is 4.26. The van der Waals surface area contributed by atoms with Crippen molar-refractivity contribution < 1.29 is 9.90 Å². The van der Waals surface area contributed by atoms with E-state index in [9.17, 15) is 9.90 Å². The van der Waals surface area contributed by atoms with Gasteiger partial charge in [0.1, 0.15) is 5.69 Å². The number of para-hydroxylation sites is 1. The van der Waals surface area contributed by atoms with E-state index in [0.717, 1.165) is 23.7 Å². The van der Waals surface area contributed by atoms with Crippen molar-refractivity contribution in [2.75, 3.05) is 19.7 Å². The zero-order chi connectivity index (χ0) is 14.8. The van der Waals surface area contributed by atoms with Crippen molar-refractivity contribution >= 4 is 28.4 Å². The first-order valence-corrected chi connectivity index (χ1v) is 7.52. The van der Waals surface area contributed by atoms with E-state index in [1.165, 1.54) is 0 Å². The van der Waals surface area contributed by atoms with Crippen LogP contribution in [-0.4, -0.2) is 40.6 Å². The Morgan fingerprint density at radius 3 is 3.05 bits per heavy atom. The van der Waals surface area contributed by atoms with Crippen LogP contribution in [0.3, 0.4) is 0 Å². The third-order valence-electron chi connectivity index (χ3n) is 3.95. The highest BCUT2D eigenvalue weighted by atomic mass is 35.5. The van der Waals surface area contributed by atoms with Crippen LogP contribution in [0.25, 0.3) is 10.9 Å². The van der Waals surface area contributed by atoms with Gasteiger partial charge in [-0.25, -0.2) is 4.98 Å². The highest BCUT2D eigenvalue weighted by Gasteiger charge is 2.25. The number of aliphatic hydroxyl groups excluding tert-OH is 1. The van der Waals surface area contributed by atoms with Crippen LogP contribution < -0.4 is 0 Å². The normalized spacial score (nSPS) is 19.0. The molecule has 21 heavy (non-hydrogen) atoms. The van der Waals surface area contributed by atoms with E-state index in [2.05, 4.69) is 4.98 Å². The summed E-state index contributed by atoms with van der Waals surface area (Å²) < 4.78 is 0. The van der Waals surface area contributed by atoms with Gasteiger partial charge in [-0.3, -0.25) is 4.79 Å². The van der Waals surface area contributed by atoms with Crippen LogP contribution in [0.1, 0.15) is 23.3 Å². The Balaban J connectivity index is 1.91. The van der Waals surface area contributed by atoms with Crippen LogP contribution in [0.2, 0.25) is 5.02 Å². The molecule has 0 unspecified atom stereocenters. The van der Waals surface area contributed by atoms with Crippen molar-refractivity contribution in [3.8, 4) is 0 Å². The molecule has 1 aliphatic heterocycles. The number of halogens is 1. The van der Waals surface area contributed by atoms with Crippen molar-refractivity contribution in [1.82, 2.24) is 9.88 Å². The quantitative estimate of drug-likeness (QED) is 0.928. The Morgan fingerprint density at radius 1 is 1.43 bits per heavy atom. The molecule has 5 heteroatoms. The van der Waals surface area contributed by atoms with Crippen LogP contribution in [0.15, 0.2) is 30.3 Å². The number of aliphatic hydroxyl groups is 1. The maximum atomic E-state index is 12.6. The van der Waals surface area contributed by atoms with Crippen molar-refractivity contribution in [3.63, 3.8) is 0 Å². The molecule has 0 saturated carbocycles. The van der Waals surface area contributed by atoms with Crippen molar-refractivity contribution in [2.45, 2.75) is 12.8 Å². The predicted molar refractivity (Wildman–Crippen MR) is 82.5 cm³/mol. The number of carbonyl (C=O) groups excluding carboxylic acids is 1. The summed E-state index contributed by atoms with van der Waals surface area (Å²) in [6, 6.07) is 9.15. The SMILES string of the molecule is O=C(c1cc(Cl)c2ccccc2n1)N1CCC[C@@H](CO)C1. The summed E-state index contributed by atoms with van der Waals surface area (Å²) in [4.78, 5) is 18.8. The number of likely N-dealkylation sites (tertiary alicyclic amines) is 1. The molecule has 4 nitrogen and oxygen atoms in total. The molecule has 2 heterocycles. The van der Waals surface area contributed by atoms with E-state index in [1.54, 1.807) is 11.0 Å². The molecule has 1 atom stereocenters. The lowest BCUT2D eigenvalue weighted by Crippen LogP contribution is -2.41. The van der Waals surface area contributed by atoms with Crippen molar-refractivity contribution in [3.05, 3.63) is 41.0 Å². The van der Waals surface area contributed by atoms with Crippen molar-refractivity contribution in [1.29, 1.82) is 0 Å². The van der Waals surface area contributed by atoms with Crippen LogP contribution >= 0.6 is 11.6 Å². The molecule has 0 spiro atoms. The summed E-state index contributed by atoms with van der Waals surface area (Å²) in [7, 11) is 0. The van der Waals surface area contributed by atoms with Crippen molar-refractivity contribution in [2.24, 2.45) is 5.92 Å². The molecule has 110 valence electrons. The molecule has 1 aliphatic rings. The van der Waals surface area contributed by atoms with Crippen LogP contribution in [0.5, 0.6) is 0 Å². The van der Waals surface area contributed by atoms with Gasteiger partial charge in [0, 0.05) is 25.1 Å². The van der Waals surface area contributed by atoms with E-state index in [-0.39, 0.29) is 18.4 Å². The maximum Gasteiger partial charge on any atom is 0.272 e. The largest absolute Gasteiger partial charge is 0.396 e. The monoisotopic (exact) mass is 304 g/mol. The van der Waals surface area contributed by atoms with Gasteiger partial charge in [-0.1, -0.05) is 29.8 Å². The van der Waals surface area contributed by atoms with Gasteiger partial charge in [-0.15, -0.1) is 0 Å². The summed E-state index contributed by atoms with van der Waals surface area (Å²) in [5.41, 5.74) is 1.10. The lowest BCUT2D eigenvalue weighted by molar-refractivity contribution is 0.0615. The Bertz CT molecular complexity index is 674. The second kappa shape index (κ2) is 6.00. The molecule has 0 aliphatic carbocycles. The average molecular weight is 305 g/mol. The van der Waals surface area contributed by atoms with E-state index in [1.807, 2.05) is 24.3 Å². The van der Waals surface area contributed by atoms with Gasteiger partial charge in [-0.05, 0) is 30.9 Å². The topological polar surface area (TPSA) is 53.4 Å². The fourth-order valence-corrected chi connectivity index (χ4v) is 3.07. The molecule has 1 aromatic carbocycles. The fraction of sp³-hybridized carbons (Fsp3) is 0.375. The number of benzene rings is 1. The number of amides is 1. The highest BCUT2D eigenvalue weighted by Crippen LogP contribution is 2.24. The van der Waals surface area contributed by atoms with Crippen LogP contribution in [0.4, 0.5) is 0 Å². The molecular weight excluding hydrogens is 288 g/mol. The summed E-state index contributed by atoms with van der Waals surface area (Å²) in [6.07, 6.45) is 1.88. The minimum Gasteiger partial charge on any atom is -0.396 e. The van der Waals surface area contributed by atoms with Gasteiger partial charge in [0.15, 0.2) is 0 Å². The molecular formula is C16H17ClN2O2. The molecule has 1 aromatic heterocycles. The number of nitrogens with zero attached hydrogens (tertiary/aromatic N) is 2. The van der Waals surface area contributed by atoms with Crippen LogP contribution in [0, 0.1) is 5.92 Å². The highest BCUT2D eigenvalue weighted by molar-refractivity contribution is 6.35. The third kappa shape index (κ3) is 2.87. The minimum absolute atomic E-state index is 0.110. The lowest BCUT2D eigenvalue weighted by Gasteiger charge is -2.31. The molecule has 2 aromatic rings. The van der Waals surface area contributed by atoms with Gasteiger partial charge >= 0.3 is 0 Å². The van der Waals surface area contributed by atoms with Gasteiger partial charge in [0.05, 0.1) is 10.5 Å². The number of fused-ring (bicyclic) bond motifs is 1. The molecule has 0 radical (unpaired) electrons. The van der Waals surface area contributed by atoms with E-state index in [4.69, 9.17) is 11.6 Å². The Labute approximate surface area is 128 Å². The van der Waals surface area contributed by atoms with Gasteiger partial charge in [0.25, 0.3) is 5.91 Å². The molecule has 1 fully saturated rings. The molecule has 0 bridgehead atoms. The number of rotatable bonds is 2. The van der Waals surface area contributed by atoms with Crippen LogP contribution in [-0.2, 0) is 0 Å². The molecule has 1 amide bonds. The Hall–Kier alpha value is -1.65. The first-order valence-electron chi connectivity index (χ1n) is 7.14. The Kier molecular flexibility index (Phi) is 4.08. The number of hydrogen-bond acceptors (Lipinski definition) is 3. The summed E-state index contributed by atoms with van der Waals surface area (Å²) >= 11 is 6.25. The van der Waals surface area contributed by atoms with E-state index in [0.29, 0.717) is 23.8 Å². The molecule has 1 saturated heterocycles.